The smallest absolute Gasteiger partial charge is 0.416 e. The number of benzene rings is 1. The Kier molecular flexibility index (Phi) is 8.26. The zero-order valence-corrected chi connectivity index (χ0v) is 21.0. The molecule has 1 aromatic carbocycles. The van der Waals surface area contributed by atoms with Gasteiger partial charge in [-0.25, -0.2) is 9.78 Å². The number of amides is 1. The van der Waals surface area contributed by atoms with E-state index in [1.54, 1.807) is 43.9 Å². The summed E-state index contributed by atoms with van der Waals surface area (Å²) in [5.41, 5.74) is -0.768. The average Bonchev–Trinajstić information content (AvgIpc) is 2.72. The number of piperazine rings is 1. The highest BCUT2D eigenvalue weighted by Crippen LogP contribution is 2.35. The highest BCUT2D eigenvalue weighted by molar-refractivity contribution is 8.00. The van der Waals surface area contributed by atoms with Gasteiger partial charge in [-0.05, 0) is 69.5 Å². The van der Waals surface area contributed by atoms with Gasteiger partial charge in [0.25, 0.3) is 0 Å². The monoisotopic (exact) mass is 516 g/mol. The fraction of sp³-hybridized carbons (Fsp3) is 0.478. The molecule has 1 unspecified atom stereocenters. The van der Waals surface area contributed by atoms with E-state index in [9.17, 15) is 18.0 Å². The van der Waals surface area contributed by atoms with Crippen LogP contribution in [0.25, 0.3) is 0 Å². The fourth-order valence-corrected chi connectivity index (χ4v) is 4.31. The molecule has 0 radical (unpaired) electrons. The van der Waals surface area contributed by atoms with Crippen LogP contribution >= 0.6 is 23.5 Å². The van der Waals surface area contributed by atoms with Crippen molar-refractivity contribution in [2.75, 3.05) is 24.4 Å². The van der Waals surface area contributed by atoms with Gasteiger partial charge in [0.05, 0.1) is 5.56 Å². The summed E-state index contributed by atoms with van der Waals surface area (Å²) in [5.74, 6) is 0. The number of carbonyl (C=O) groups is 1. The predicted octanol–water partition coefficient (Wildman–Crippen LogP) is 6.31. The van der Waals surface area contributed by atoms with Crippen molar-refractivity contribution in [1.29, 1.82) is 0 Å². The van der Waals surface area contributed by atoms with Crippen molar-refractivity contribution in [3.63, 3.8) is 0 Å². The quantitative estimate of drug-likeness (QED) is 0.371. The molecule has 1 aromatic heterocycles. The lowest BCUT2D eigenvalue weighted by Crippen LogP contribution is -2.54. The first kappa shape index (κ1) is 26.4. The number of hydrogen-bond acceptors (Lipinski definition) is 6. The molecule has 186 valence electrons. The molecular weight excluding hydrogens is 489 g/mol. The highest BCUT2D eigenvalue weighted by Gasteiger charge is 2.35. The van der Waals surface area contributed by atoms with Crippen molar-refractivity contribution in [3.05, 3.63) is 52.8 Å². The van der Waals surface area contributed by atoms with Gasteiger partial charge in [0.1, 0.15) is 10.8 Å². The average molecular weight is 517 g/mol. The number of hydrogen-bond donors (Lipinski definition) is 1. The largest absolute Gasteiger partial charge is 0.444 e. The Hall–Kier alpha value is -2.17. The molecule has 1 aliphatic heterocycles. The number of carbonyl (C=O) groups excluding carboxylic acids is 1. The number of aromatic nitrogens is 1. The summed E-state index contributed by atoms with van der Waals surface area (Å²) in [6.07, 6.45) is -3.36. The Morgan fingerprint density at radius 1 is 1.24 bits per heavy atom. The molecular formula is C23H28ClF3N4O2S. The standard InChI is InChI=1S/C23H28ClF3N4O2S/c1-15-13-30(9-10-31(15)21(32)33-22(2,3)4)14-16-5-6-17(11-19(16)23(25,26)27)29-34-18-7-8-20(24)28-12-18/h5-8,11-12,15,29H,9-10,13-14H2,1-4H3. The molecule has 1 fully saturated rings. The third-order valence-corrected chi connectivity index (χ3v) is 6.17. The summed E-state index contributed by atoms with van der Waals surface area (Å²) in [4.78, 5) is 20.6. The van der Waals surface area contributed by atoms with E-state index >= 15 is 0 Å². The second-order valence-electron chi connectivity index (χ2n) is 9.15. The molecule has 1 amide bonds. The van der Waals surface area contributed by atoms with Gasteiger partial charge >= 0.3 is 12.3 Å². The van der Waals surface area contributed by atoms with Gasteiger partial charge in [-0.3, -0.25) is 4.90 Å². The molecule has 1 atom stereocenters. The number of pyridine rings is 1. The third kappa shape index (κ3) is 7.41. The maximum Gasteiger partial charge on any atom is 0.416 e. The molecule has 0 bridgehead atoms. The van der Waals surface area contributed by atoms with Crippen molar-refractivity contribution in [1.82, 2.24) is 14.8 Å². The molecule has 0 saturated carbocycles. The van der Waals surface area contributed by atoms with Crippen LogP contribution in [0.3, 0.4) is 0 Å². The SMILES string of the molecule is CC1CN(Cc2ccc(NSc3ccc(Cl)nc3)cc2C(F)(F)F)CCN1C(=O)OC(C)(C)C. The van der Waals surface area contributed by atoms with E-state index < -0.39 is 23.4 Å². The van der Waals surface area contributed by atoms with Crippen LogP contribution in [0.4, 0.5) is 23.7 Å². The number of halogens is 4. The molecule has 1 N–H and O–H groups in total. The second-order valence-corrected chi connectivity index (χ2v) is 10.4. The van der Waals surface area contributed by atoms with Crippen LogP contribution in [0.15, 0.2) is 41.4 Å². The summed E-state index contributed by atoms with van der Waals surface area (Å²) >= 11 is 6.91. The van der Waals surface area contributed by atoms with Crippen molar-refractivity contribution in [2.24, 2.45) is 0 Å². The number of anilines is 1. The van der Waals surface area contributed by atoms with Crippen molar-refractivity contribution in [2.45, 2.75) is 57.0 Å². The summed E-state index contributed by atoms with van der Waals surface area (Å²) < 4.78 is 49.9. The number of alkyl halides is 3. The van der Waals surface area contributed by atoms with Gasteiger partial charge in [-0.15, -0.1) is 0 Å². The van der Waals surface area contributed by atoms with Crippen molar-refractivity contribution >= 4 is 35.3 Å². The molecule has 0 aliphatic carbocycles. The van der Waals surface area contributed by atoms with E-state index in [1.165, 1.54) is 12.3 Å². The predicted molar refractivity (Wildman–Crippen MR) is 128 cm³/mol. The highest BCUT2D eigenvalue weighted by atomic mass is 35.5. The maximum atomic E-state index is 13.8. The Morgan fingerprint density at radius 2 is 1.97 bits per heavy atom. The van der Waals surface area contributed by atoms with E-state index in [0.29, 0.717) is 30.5 Å². The normalized spacial score (nSPS) is 17.5. The minimum Gasteiger partial charge on any atom is -0.444 e. The molecule has 1 aliphatic rings. The van der Waals surface area contributed by atoms with Crippen LogP contribution in [-0.4, -0.2) is 52.2 Å². The van der Waals surface area contributed by atoms with Crippen molar-refractivity contribution in [3.8, 4) is 0 Å². The Morgan fingerprint density at radius 3 is 2.56 bits per heavy atom. The minimum atomic E-state index is -4.50. The van der Waals surface area contributed by atoms with E-state index in [4.69, 9.17) is 16.3 Å². The van der Waals surface area contributed by atoms with E-state index in [0.717, 1.165) is 22.9 Å². The Labute approximate surface area is 206 Å². The minimum absolute atomic E-state index is 0.135. The van der Waals surface area contributed by atoms with Crippen LogP contribution in [0.1, 0.15) is 38.8 Å². The van der Waals surface area contributed by atoms with E-state index in [1.807, 2.05) is 11.8 Å². The van der Waals surface area contributed by atoms with Crippen LogP contribution in [-0.2, 0) is 17.5 Å². The number of nitrogens with zero attached hydrogens (tertiary/aromatic N) is 3. The molecule has 6 nitrogen and oxygen atoms in total. The molecule has 3 rings (SSSR count). The van der Waals surface area contributed by atoms with Gasteiger partial charge in [0.15, 0.2) is 0 Å². The van der Waals surface area contributed by atoms with Crippen molar-refractivity contribution < 1.29 is 22.7 Å². The molecule has 1 saturated heterocycles. The maximum absolute atomic E-state index is 13.8. The molecule has 0 spiro atoms. The van der Waals surface area contributed by atoms with E-state index in [2.05, 4.69) is 9.71 Å². The molecule has 34 heavy (non-hydrogen) atoms. The first-order valence-electron chi connectivity index (χ1n) is 10.8. The van der Waals surface area contributed by atoms with Crippen LogP contribution in [0.5, 0.6) is 0 Å². The van der Waals surface area contributed by atoms with Gasteiger partial charge in [0.2, 0.25) is 0 Å². The third-order valence-electron chi connectivity index (χ3n) is 5.14. The lowest BCUT2D eigenvalue weighted by Gasteiger charge is -2.40. The lowest BCUT2D eigenvalue weighted by atomic mass is 10.0. The lowest BCUT2D eigenvalue weighted by molar-refractivity contribution is -0.138. The Balaban J connectivity index is 1.67. The topological polar surface area (TPSA) is 57.7 Å². The molecule has 11 heteroatoms. The first-order valence-corrected chi connectivity index (χ1v) is 12.0. The summed E-state index contributed by atoms with van der Waals surface area (Å²) in [7, 11) is 0. The molecule has 2 heterocycles. The summed E-state index contributed by atoms with van der Waals surface area (Å²) in [5, 5.41) is 0.342. The zero-order chi connectivity index (χ0) is 25.1. The van der Waals surface area contributed by atoms with Crippen LogP contribution in [0, 0.1) is 0 Å². The van der Waals surface area contributed by atoms with Gasteiger partial charge < -0.3 is 14.4 Å². The fourth-order valence-electron chi connectivity index (χ4n) is 3.59. The summed E-state index contributed by atoms with van der Waals surface area (Å²) in [6.45, 7) is 8.71. The zero-order valence-electron chi connectivity index (χ0n) is 19.4. The second kappa shape index (κ2) is 10.6. The van der Waals surface area contributed by atoms with Gasteiger partial charge in [-0.1, -0.05) is 17.7 Å². The number of rotatable bonds is 5. The first-order chi connectivity index (χ1) is 15.8. The van der Waals surface area contributed by atoms with Gasteiger partial charge in [-0.2, -0.15) is 13.2 Å². The van der Waals surface area contributed by atoms with E-state index in [-0.39, 0.29) is 18.2 Å². The Bertz CT molecular complexity index is 999. The molecule has 2 aromatic rings. The summed E-state index contributed by atoms with van der Waals surface area (Å²) in [6, 6.07) is 7.40. The number of ether oxygens (including phenoxy) is 1. The number of nitrogens with one attached hydrogen (secondary N) is 1. The van der Waals surface area contributed by atoms with Crippen LogP contribution < -0.4 is 4.72 Å². The van der Waals surface area contributed by atoms with Crippen LogP contribution in [0.2, 0.25) is 5.15 Å². The van der Waals surface area contributed by atoms with Gasteiger partial charge in [0, 0.05) is 49.0 Å².